The molecule has 8 aromatic carbocycles. The molecule has 0 radical (unpaired) electrons. The van der Waals surface area contributed by atoms with Gasteiger partial charge >= 0.3 is 0 Å². The third-order valence-corrected chi connectivity index (χ3v) is 10.3. The molecular weight excluding hydrogens is 597 g/mol. The topological polar surface area (TPSA) is 23.0 Å². The maximum atomic E-state index is 6.26. The predicted molar refractivity (Wildman–Crippen MR) is 205 cm³/mol. The summed E-state index contributed by atoms with van der Waals surface area (Å²) in [6, 6.07) is 61.4. The van der Waals surface area contributed by atoms with E-state index in [9.17, 15) is 0 Å². The fraction of sp³-hybridized carbons (Fsp3) is 0. The quantitative estimate of drug-likeness (QED) is 0.192. The number of rotatable bonds is 3. The molecule has 3 heteroatoms. The zero-order chi connectivity index (χ0) is 32.1. The molecule has 11 aromatic rings. The average molecular weight is 625 g/mol. The van der Waals surface area contributed by atoms with Crippen molar-refractivity contribution in [2.24, 2.45) is 0 Å². The molecule has 0 N–H and O–H groups in total. The largest absolute Gasteiger partial charge is 0.456 e. The molecule has 3 heterocycles. The van der Waals surface area contributed by atoms with Crippen LogP contribution in [0.1, 0.15) is 0 Å². The van der Waals surface area contributed by atoms with Gasteiger partial charge in [-0.3, -0.25) is 0 Å². The minimum absolute atomic E-state index is 0.907. The molecule has 49 heavy (non-hydrogen) atoms. The molecule has 0 aliphatic carbocycles. The highest BCUT2D eigenvalue weighted by Crippen LogP contribution is 2.42. The van der Waals surface area contributed by atoms with E-state index in [-0.39, 0.29) is 0 Å². The van der Waals surface area contributed by atoms with Gasteiger partial charge in [-0.1, -0.05) is 103 Å². The summed E-state index contributed by atoms with van der Waals surface area (Å²) < 4.78 is 11.1. The lowest BCUT2D eigenvalue weighted by Crippen LogP contribution is -1.96. The van der Waals surface area contributed by atoms with E-state index in [1.54, 1.807) is 0 Å². The number of para-hydroxylation sites is 3. The minimum atomic E-state index is 0.907. The highest BCUT2D eigenvalue weighted by Gasteiger charge is 2.20. The smallest absolute Gasteiger partial charge is 0.136 e. The molecule has 0 fully saturated rings. The van der Waals surface area contributed by atoms with Crippen LogP contribution in [0.15, 0.2) is 174 Å². The number of furan rings is 1. The Balaban J connectivity index is 1.23. The van der Waals surface area contributed by atoms with Crippen LogP contribution in [0.2, 0.25) is 0 Å². The zero-order valence-corrected chi connectivity index (χ0v) is 26.5. The van der Waals surface area contributed by atoms with Gasteiger partial charge in [0.2, 0.25) is 0 Å². The van der Waals surface area contributed by atoms with E-state index in [2.05, 4.69) is 167 Å². The summed E-state index contributed by atoms with van der Waals surface area (Å²) >= 11 is 0. The Hall–Kier alpha value is -6.58. The van der Waals surface area contributed by atoms with Crippen LogP contribution in [-0.2, 0) is 0 Å². The van der Waals surface area contributed by atoms with Crippen LogP contribution in [0.4, 0.5) is 0 Å². The fourth-order valence-electron chi connectivity index (χ4n) is 8.12. The second-order valence-electron chi connectivity index (χ2n) is 13.0. The summed E-state index contributed by atoms with van der Waals surface area (Å²) in [6.07, 6.45) is 0. The average Bonchev–Trinajstić information content (AvgIpc) is 3.80. The molecular formula is C46H28N2O. The van der Waals surface area contributed by atoms with E-state index in [0.717, 1.165) is 38.9 Å². The normalized spacial score (nSPS) is 12.1. The lowest BCUT2D eigenvalue weighted by atomic mass is 9.99. The van der Waals surface area contributed by atoms with Crippen LogP contribution < -0.4 is 0 Å². The van der Waals surface area contributed by atoms with Gasteiger partial charge in [0.05, 0.1) is 22.1 Å². The first-order valence-corrected chi connectivity index (χ1v) is 16.8. The molecule has 0 spiro atoms. The molecule has 0 bridgehead atoms. The van der Waals surface area contributed by atoms with Crippen LogP contribution in [0.3, 0.4) is 0 Å². The predicted octanol–water partition coefficient (Wildman–Crippen LogP) is 12.6. The van der Waals surface area contributed by atoms with Crippen molar-refractivity contribution < 1.29 is 4.42 Å². The van der Waals surface area contributed by atoms with Crippen molar-refractivity contribution in [3.63, 3.8) is 0 Å². The van der Waals surface area contributed by atoms with Gasteiger partial charge in [-0.15, -0.1) is 0 Å². The minimum Gasteiger partial charge on any atom is -0.456 e. The lowest BCUT2D eigenvalue weighted by Gasteiger charge is -2.12. The van der Waals surface area contributed by atoms with Crippen LogP contribution in [0.25, 0.3) is 98.8 Å². The van der Waals surface area contributed by atoms with Crippen LogP contribution in [-0.4, -0.2) is 9.13 Å². The number of fused-ring (bicyclic) bond motifs is 10. The summed E-state index contributed by atoms with van der Waals surface area (Å²) in [5.41, 5.74) is 11.2. The van der Waals surface area contributed by atoms with Crippen molar-refractivity contribution >= 4 is 76.3 Å². The molecule has 0 aliphatic rings. The van der Waals surface area contributed by atoms with Crippen molar-refractivity contribution in [3.8, 4) is 22.5 Å². The van der Waals surface area contributed by atoms with Gasteiger partial charge in [0.25, 0.3) is 0 Å². The van der Waals surface area contributed by atoms with Gasteiger partial charge in [-0.25, -0.2) is 0 Å². The maximum absolute atomic E-state index is 6.26. The van der Waals surface area contributed by atoms with E-state index < -0.39 is 0 Å². The molecule has 3 aromatic heterocycles. The second-order valence-corrected chi connectivity index (χ2v) is 13.0. The summed E-state index contributed by atoms with van der Waals surface area (Å²) in [6.45, 7) is 0. The zero-order valence-electron chi connectivity index (χ0n) is 26.5. The van der Waals surface area contributed by atoms with E-state index in [0.29, 0.717) is 0 Å². The van der Waals surface area contributed by atoms with Crippen molar-refractivity contribution in [2.75, 3.05) is 0 Å². The Bertz CT molecular complexity index is 3100. The van der Waals surface area contributed by atoms with E-state index in [4.69, 9.17) is 4.42 Å². The number of aromatic nitrogens is 2. The van der Waals surface area contributed by atoms with Gasteiger partial charge in [0.15, 0.2) is 0 Å². The van der Waals surface area contributed by atoms with Crippen molar-refractivity contribution in [3.05, 3.63) is 170 Å². The molecule has 0 unspecified atom stereocenters. The number of hydrogen-bond acceptors (Lipinski definition) is 1. The highest BCUT2D eigenvalue weighted by molar-refractivity contribution is 6.21. The van der Waals surface area contributed by atoms with Crippen molar-refractivity contribution in [1.29, 1.82) is 0 Å². The summed E-state index contributed by atoms with van der Waals surface area (Å²) in [5, 5.41) is 9.79. The van der Waals surface area contributed by atoms with Crippen LogP contribution >= 0.6 is 0 Å². The van der Waals surface area contributed by atoms with Crippen LogP contribution in [0.5, 0.6) is 0 Å². The Morgan fingerprint density at radius 3 is 1.84 bits per heavy atom. The molecule has 0 saturated carbocycles. The Morgan fingerprint density at radius 1 is 0.347 bits per heavy atom. The van der Waals surface area contributed by atoms with Crippen molar-refractivity contribution in [2.45, 2.75) is 0 Å². The SMILES string of the molecule is c1ccc(-n2c3cc4ccccc4cc3c3cc4c5ccccc5n(-c5cccc(-c6cccc7oc8ccccc8c67)c5)c4cc32)cc1. The Kier molecular flexibility index (Phi) is 5.38. The van der Waals surface area contributed by atoms with Gasteiger partial charge in [-0.05, 0) is 88.6 Å². The second kappa shape index (κ2) is 9.96. The number of benzene rings is 8. The van der Waals surface area contributed by atoms with E-state index in [1.165, 1.54) is 59.9 Å². The van der Waals surface area contributed by atoms with Gasteiger partial charge in [0, 0.05) is 43.7 Å². The standard InChI is InChI=1S/C46H28N2O/c1-2-15-32(16-3-1)47-41-26-30-13-5-4-12-29(30)25-37(41)39-27-38-35-18-6-8-21-40(35)48(42(38)28-43(39)47)33-17-10-14-31(24-33)34-20-11-23-45-46(34)36-19-7-9-22-44(36)49-45/h1-28H. The monoisotopic (exact) mass is 624 g/mol. The van der Waals surface area contributed by atoms with E-state index in [1.807, 2.05) is 12.1 Å². The number of hydrogen-bond donors (Lipinski definition) is 0. The molecule has 3 nitrogen and oxygen atoms in total. The third-order valence-electron chi connectivity index (χ3n) is 10.3. The fourth-order valence-corrected chi connectivity index (χ4v) is 8.12. The first-order valence-electron chi connectivity index (χ1n) is 16.8. The molecule has 228 valence electrons. The maximum Gasteiger partial charge on any atom is 0.136 e. The molecule has 0 amide bonds. The summed E-state index contributed by atoms with van der Waals surface area (Å²) in [7, 11) is 0. The number of nitrogens with zero attached hydrogens (tertiary/aromatic N) is 2. The van der Waals surface area contributed by atoms with Crippen molar-refractivity contribution in [1.82, 2.24) is 9.13 Å². The van der Waals surface area contributed by atoms with E-state index >= 15 is 0 Å². The third kappa shape index (κ3) is 3.78. The molecule has 0 aliphatic heterocycles. The highest BCUT2D eigenvalue weighted by atomic mass is 16.3. The molecule has 11 rings (SSSR count). The summed E-state index contributed by atoms with van der Waals surface area (Å²) in [4.78, 5) is 0. The van der Waals surface area contributed by atoms with Gasteiger partial charge in [-0.2, -0.15) is 0 Å². The molecule has 0 saturated heterocycles. The summed E-state index contributed by atoms with van der Waals surface area (Å²) in [5.74, 6) is 0. The first-order chi connectivity index (χ1) is 24.3. The Morgan fingerprint density at radius 2 is 0.959 bits per heavy atom. The molecule has 0 atom stereocenters. The van der Waals surface area contributed by atoms with Gasteiger partial charge in [0.1, 0.15) is 11.2 Å². The van der Waals surface area contributed by atoms with Crippen LogP contribution in [0, 0.1) is 0 Å². The lowest BCUT2D eigenvalue weighted by molar-refractivity contribution is 0.669. The first kappa shape index (κ1) is 26.5. The Labute approximate surface area is 281 Å². The van der Waals surface area contributed by atoms with Gasteiger partial charge < -0.3 is 13.6 Å².